The van der Waals surface area contributed by atoms with E-state index in [2.05, 4.69) is 4.90 Å². The van der Waals surface area contributed by atoms with Crippen LogP contribution in [0.25, 0.3) is 0 Å². The number of halogens is 2. The van der Waals surface area contributed by atoms with E-state index in [1.54, 1.807) is 0 Å². The van der Waals surface area contributed by atoms with Crippen LogP contribution in [0.3, 0.4) is 0 Å². The number of hydrogen-bond acceptors (Lipinski definition) is 2. The summed E-state index contributed by atoms with van der Waals surface area (Å²) in [6, 6.07) is 4.25. The zero-order valence-corrected chi connectivity index (χ0v) is 9.50. The van der Waals surface area contributed by atoms with Crippen LogP contribution < -0.4 is 0 Å². The van der Waals surface area contributed by atoms with Crippen molar-refractivity contribution in [3.63, 3.8) is 0 Å². The molecular formula is C13H15F2NO. The van der Waals surface area contributed by atoms with Crippen LogP contribution in [0.4, 0.5) is 8.78 Å². The average Bonchev–Trinajstić information content (AvgIpc) is 3.03. The highest BCUT2D eigenvalue weighted by atomic mass is 19.1. The average molecular weight is 239 g/mol. The Kier molecular flexibility index (Phi) is 2.45. The van der Waals surface area contributed by atoms with E-state index in [0.717, 1.165) is 19.4 Å². The number of likely N-dealkylation sites (tertiary alicyclic amines) is 1. The fourth-order valence-electron chi connectivity index (χ4n) is 2.72. The molecule has 2 nitrogen and oxygen atoms in total. The van der Waals surface area contributed by atoms with Crippen molar-refractivity contribution in [3.8, 4) is 0 Å². The van der Waals surface area contributed by atoms with Gasteiger partial charge in [0.1, 0.15) is 17.2 Å². The molecule has 1 N–H and O–H groups in total. The molecule has 1 saturated carbocycles. The van der Waals surface area contributed by atoms with Crippen molar-refractivity contribution in [2.45, 2.75) is 30.9 Å². The molecule has 1 aliphatic carbocycles. The molecule has 0 amide bonds. The molecule has 0 radical (unpaired) electrons. The molecule has 0 spiro atoms. The molecule has 0 bridgehead atoms. The van der Waals surface area contributed by atoms with Crippen LogP contribution in [0, 0.1) is 11.6 Å². The minimum Gasteiger partial charge on any atom is -0.384 e. The van der Waals surface area contributed by atoms with E-state index in [1.807, 2.05) is 0 Å². The molecule has 1 heterocycles. The summed E-state index contributed by atoms with van der Waals surface area (Å²) in [6.07, 6.45) is 2.67. The standard InChI is InChI=1S/C13H15F2NO/c14-10-2-1-3-11(15)12(10)13(17)6-7-16(8-13)9-4-5-9/h1-3,9,17H,4-8H2. The molecule has 1 saturated heterocycles. The van der Waals surface area contributed by atoms with E-state index >= 15 is 0 Å². The number of β-amino-alcohol motifs (C(OH)–C–C–N with tert-alkyl or cyclic N) is 1. The molecule has 2 aliphatic rings. The maximum atomic E-state index is 13.7. The highest BCUT2D eigenvalue weighted by molar-refractivity contribution is 5.28. The third-order valence-electron chi connectivity index (χ3n) is 3.77. The largest absolute Gasteiger partial charge is 0.384 e. The van der Waals surface area contributed by atoms with Gasteiger partial charge >= 0.3 is 0 Å². The predicted molar refractivity (Wildman–Crippen MR) is 59.5 cm³/mol. The van der Waals surface area contributed by atoms with Gasteiger partial charge in [0.2, 0.25) is 0 Å². The van der Waals surface area contributed by atoms with Gasteiger partial charge in [-0.1, -0.05) is 6.07 Å². The fraction of sp³-hybridized carbons (Fsp3) is 0.538. The summed E-state index contributed by atoms with van der Waals surface area (Å²) in [5.74, 6) is -1.30. The van der Waals surface area contributed by atoms with Gasteiger partial charge in [-0.05, 0) is 31.4 Å². The summed E-state index contributed by atoms with van der Waals surface area (Å²) in [6.45, 7) is 1.06. The second kappa shape index (κ2) is 3.75. The summed E-state index contributed by atoms with van der Waals surface area (Å²) in [4.78, 5) is 2.13. The lowest BCUT2D eigenvalue weighted by molar-refractivity contribution is 0.0379. The molecule has 3 rings (SSSR count). The topological polar surface area (TPSA) is 23.5 Å². The molecule has 4 heteroatoms. The molecule has 17 heavy (non-hydrogen) atoms. The Balaban J connectivity index is 1.92. The van der Waals surface area contributed by atoms with Gasteiger partial charge < -0.3 is 5.11 Å². The van der Waals surface area contributed by atoms with E-state index < -0.39 is 17.2 Å². The highest BCUT2D eigenvalue weighted by Gasteiger charge is 2.45. The van der Waals surface area contributed by atoms with Crippen LogP contribution in [0.15, 0.2) is 18.2 Å². The summed E-state index contributed by atoms with van der Waals surface area (Å²) in [7, 11) is 0. The summed E-state index contributed by atoms with van der Waals surface area (Å²) < 4.78 is 27.3. The Morgan fingerprint density at radius 1 is 1.24 bits per heavy atom. The quantitative estimate of drug-likeness (QED) is 0.853. The van der Waals surface area contributed by atoms with E-state index in [-0.39, 0.29) is 5.56 Å². The smallest absolute Gasteiger partial charge is 0.132 e. The fourth-order valence-corrected chi connectivity index (χ4v) is 2.72. The molecule has 0 aromatic heterocycles. The first-order valence-corrected chi connectivity index (χ1v) is 6.01. The van der Waals surface area contributed by atoms with Gasteiger partial charge in [-0.3, -0.25) is 4.90 Å². The normalized spacial score (nSPS) is 29.8. The van der Waals surface area contributed by atoms with Gasteiger partial charge in [-0.15, -0.1) is 0 Å². The van der Waals surface area contributed by atoms with Crippen molar-refractivity contribution >= 4 is 0 Å². The van der Waals surface area contributed by atoms with Crippen LogP contribution in [0.1, 0.15) is 24.8 Å². The third-order valence-corrected chi connectivity index (χ3v) is 3.77. The Bertz CT molecular complexity index is 427. The Morgan fingerprint density at radius 3 is 2.47 bits per heavy atom. The third kappa shape index (κ3) is 1.85. The Hall–Kier alpha value is -1.00. The maximum Gasteiger partial charge on any atom is 0.132 e. The van der Waals surface area contributed by atoms with Gasteiger partial charge in [0, 0.05) is 19.1 Å². The molecular weight excluding hydrogens is 224 g/mol. The number of hydrogen-bond donors (Lipinski definition) is 1. The molecule has 92 valence electrons. The highest BCUT2D eigenvalue weighted by Crippen LogP contribution is 2.39. The summed E-state index contributed by atoms with van der Waals surface area (Å²) in [5, 5.41) is 10.4. The molecule has 1 aliphatic heterocycles. The van der Waals surface area contributed by atoms with Crippen molar-refractivity contribution in [1.29, 1.82) is 0 Å². The van der Waals surface area contributed by atoms with Crippen LogP contribution in [0.5, 0.6) is 0 Å². The SMILES string of the molecule is OC1(c2c(F)cccc2F)CCN(C2CC2)C1. The maximum absolute atomic E-state index is 13.7. The van der Waals surface area contributed by atoms with E-state index in [4.69, 9.17) is 0 Å². The minimum atomic E-state index is -1.36. The molecule has 1 aromatic carbocycles. The molecule has 2 fully saturated rings. The Labute approximate surface area is 98.9 Å². The van der Waals surface area contributed by atoms with E-state index in [1.165, 1.54) is 18.2 Å². The number of rotatable bonds is 2. The minimum absolute atomic E-state index is 0.164. The van der Waals surface area contributed by atoms with Crippen molar-refractivity contribution in [1.82, 2.24) is 4.90 Å². The van der Waals surface area contributed by atoms with Crippen molar-refractivity contribution in [2.75, 3.05) is 13.1 Å². The van der Waals surface area contributed by atoms with E-state index in [0.29, 0.717) is 19.0 Å². The zero-order chi connectivity index (χ0) is 12.0. The van der Waals surface area contributed by atoms with Gasteiger partial charge in [0.25, 0.3) is 0 Å². The Morgan fingerprint density at radius 2 is 1.88 bits per heavy atom. The molecule has 1 atom stereocenters. The lowest BCUT2D eigenvalue weighted by Gasteiger charge is -2.24. The van der Waals surface area contributed by atoms with Gasteiger partial charge in [0.15, 0.2) is 0 Å². The van der Waals surface area contributed by atoms with Crippen LogP contribution in [0.2, 0.25) is 0 Å². The van der Waals surface area contributed by atoms with E-state index in [9.17, 15) is 13.9 Å². The summed E-state index contributed by atoms with van der Waals surface area (Å²) >= 11 is 0. The predicted octanol–water partition coefficient (Wildman–Crippen LogP) is 2.02. The monoisotopic (exact) mass is 239 g/mol. The summed E-state index contributed by atoms with van der Waals surface area (Å²) in [5.41, 5.74) is -1.53. The second-order valence-corrected chi connectivity index (χ2v) is 5.08. The lowest BCUT2D eigenvalue weighted by Crippen LogP contribution is -2.33. The second-order valence-electron chi connectivity index (χ2n) is 5.08. The van der Waals surface area contributed by atoms with Crippen molar-refractivity contribution in [2.24, 2.45) is 0 Å². The van der Waals surface area contributed by atoms with Gasteiger partial charge in [-0.25, -0.2) is 8.78 Å². The van der Waals surface area contributed by atoms with Crippen LogP contribution in [-0.2, 0) is 5.60 Å². The van der Waals surface area contributed by atoms with Crippen LogP contribution >= 0.6 is 0 Å². The van der Waals surface area contributed by atoms with Gasteiger partial charge in [0.05, 0.1) is 5.56 Å². The first-order chi connectivity index (χ1) is 8.10. The lowest BCUT2D eigenvalue weighted by atomic mass is 9.92. The number of benzene rings is 1. The van der Waals surface area contributed by atoms with Crippen molar-refractivity contribution in [3.05, 3.63) is 35.4 Å². The number of aliphatic hydroxyl groups is 1. The number of nitrogens with zero attached hydrogens (tertiary/aromatic N) is 1. The first kappa shape index (κ1) is 11.1. The van der Waals surface area contributed by atoms with Crippen LogP contribution in [-0.4, -0.2) is 29.1 Å². The molecule has 1 unspecified atom stereocenters. The first-order valence-electron chi connectivity index (χ1n) is 6.01. The van der Waals surface area contributed by atoms with Gasteiger partial charge in [-0.2, -0.15) is 0 Å². The zero-order valence-electron chi connectivity index (χ0n) is 9.50. The van der Waals surface area contributed by atoms with Crippen molar-refractivity contribution < 1.29 is 13.9 Å². The molecule has 1 aromatic rings.